The van der Waals surface area contributed by atoms with Gasteiger partial charge < -0.3 is 9.64 Å². The molecule has 3 heterocycles. The number of benzene rings is 1. The smallest absolute Gasteiger partial charge is 0.253 e. The molecule has 0 bridgehead atoms. The molecular weight excluding hydrogens is 328 g/mol. The number of carbonyl (C=O) groups is 1. The monoisotopic (exact) mass is 352 g/mol. The van der Waals surface area contributed by atoms with Crippen LogP contribution >= 0.6 is 0 Å². The lowest BCUT2D eigenvalue weighted by atomic mass is 9.92. The van der Waals surface area contributed by atoms with Gasteiger partial charge in [0.05, 0.1) is 17.8 Å². The van der Waals surface area contributed by atoms with E-state index in [1.165, 1.54) is 0 Å². The van der Waals surface area contributed by atoms with Gasteiger partial charge in [-0.3, -0.25) is 19.7 Å². The fourth-order valence-corrected chi connectivity index (χ4v) is 3.88. The molecule has 26 heavy (non-hydrogen) atoms. The van der Waals surface area contributed by atoms with E-state index in [0.717, 1.165) is 50.3 Å². The largest absolute Gasteiger partial charge is 0.363 e. The van der Waals surface area contributed by atoms with Gasteiger partial charge >= 0.3 is 0 Å². The first kappa shape index (κ1) is 17.1. The van der Waals surface area contributed by atoms with Crippen LogP contribution in [0.4, 0.5) is 5.69 Å². The Kier molecular flexibility index (Phi) is 4.95. The van der Waals surface area contributed by atoms with Crippen LogP contribution in [0.15, 0.2) is 48.9 Å². The standard InChI is InChI=1S/C20H24N4O2/c25-19-15-26-20(16-24(19)18-5-2-1-3-6-18)7-4-11-23(12-8-20)14-17-13-21-9-10-22-17/h1-3,5-6,9-10,13H,4,7-8,11-12,14-16H2. The normalized spacial score (nSPS) is 24.6. The molecule has 1 aromatic carbocycles. The molecule has 2 aliphatic heterocycles. The van der Waals surface area contributed by atoms with Gasteiger partial charge in [0.2, 0.25) is 0 Å². The zero-order chi connectivity index (χ0) is 17.8. The molecule has 0 aliphatic carbocycles. The van der Waals surface area contributed by atoms with Gasteiger partial charge in [-0.1, -0.05) is 18.2 Å². The number of anilines is 1. The van der Waals surface area contributed by atoms with Crippen molar-refractivity contribution in [3.05, 3.63) is 54.6 Å². The van der Waals surface area contributed by atoms with Crippen LogP contribution in [0.25, 0.3) is 0 Å². The second-order valence-corrected chi connectivity index (χ2v) is 7.11. The number of ether oxygens (including phenoxy) is 1. The second-order valence-electron chi connectivity index (χ2n) is 7.11. The minimum Gasteiger partial charge on any atom is -0.363 e. The zero-order valence-electron chi connectivity index (χ0n) is 14.9. The van der Waals surface area contributed by atoms with Crippen LogP contribution < -0.4 is 4.90 Å². The van der Waals surface area contributed by atoms with E-state index in [9.17, 15) is 4.79 Å². The van der Waals surface area contributed by atoms with E-state index in [0.29, 0.717) is 6.54 Å². The van der Waals surface area contributed by atoms with Crippen LogP contribution in [-0.4, -0.2) is 52.6 Å². The van der Waals surface area contributed by atoms with E-state index < -0.39 is 0 Å². The summed E-state index contributed by atoms with van der Waals surface area (Å²) in [6, 6.07) is 9.91. The number of carbonyl (C=O) groups excluding carboxylic acids is 1. The SMILES string of the molecule is O=C1COC2(CCCN(Cc3cnccn3)CC2)CN1c1ccccc1. The third-order valence-corrected chi connectivity index (χ3v) is 5.31. The predicted molar refractivity (Wildman–Crippen MR) is 98.6 cm³/mol. The number of amides is 1. The van der Waals surface area contributed by atoms with Gasteiger partial charge in [0, 0.05) is 37.4 Å². The molecule has 6 nitrogen and oxygen atoms in total. The summed E-state index contributed by atoms with van der Waals surface area (Å²) in [5.41, 5.74) is 1.70. The average Bonchev–Trinajstić information content (AvgIpc) is 2.88. The van der Waals surface area contributed by atoms with Crippen LogP contribution in [0.5, 0.6) is 0 Å². The van der Waals surface area contributed by atoms with E-state index in [-0.39, 0.29) is 18.1 Å². The maximum atomic E-state index is 12.4. The molecular formula is C20H24N4O2. The number of morpholine rings is 1. The first-order chi connectivity index (χ1) is 12.7. The summed E-state index contributed by atoms with van der Waals surface area (Å²) in [5.74, 6) is 0.0440. The van der Waals surface area contributed by atoms with Crippen molar-refractivity contribution in [2.24, 2.45) is 0 Å². The maximum Gasteiger partial charge on any atom is 0.253 e. The van der Waals surface area contributed by atoms with Crippen molar-refractivity contribution in [2.45, 2.75) is 31.4 Å². The molecule has 136 valence electrons. The Morgan fingerprint density at radius 2 is 2.00 bits per heavy atom. The maximum absolute atomic E-state index is 12.4. The quantitative estimate of drug-likeness (QED) is 0.848. The fourth-order valence-electron chi connectivity index (χ4n) is 3.88. The highest BCUT2D eigenvalue weighted by atomic mass is 16.5. The number of aromatic nitrogens is 2. The Hall–Kier alpha value is -2.31. The Balaban J connectivity index is 1.44. The molecule has 2 saturated heterocycles. The van der Waals surface area contributed by atoms with Crippen molar-refractivity contribution < 1.29 is 9.53 Å². The molecule has 1 amide bonds. The summed E-state index contributed by atoms with van der Waals surface area (Å²) in [5, 5.41) is 0. The van der Waals surface area contributed by atoms with Crippen molar-refractivity contribution in [2.75, 3.05) is 31.1 Å². The summed E-state index contributed by atoms with van der Waals surface area (Å²) in [4.78, 5) is 25.2. The van der Waals surface area contributed by atoms with E-state index in [1.807, 2.05) is 41.4 Å². The minimum absolute atomic E-state index is 0.0440. The van der Waals surface area contributed by atoms with E-state index in [2.05, 4.69) is 14.9 Å². The summed E-state index contributed by atoms with van der Waals surface area (Å²) in [6.07, 6.45) is 8.21. The summed E-state index contributed by atoms with van der Waals surface area (Å²) in [7, 11) is 0. The van der Waals surface area contributed by atoms with Gasteiger partial charge in [-0.15, -0.1) is 0 Å². The van der Waals surface area contributed by atoms with Gasteiger partial charge in [-0.2, -0.15) is 0 Å². The van der Waals surface area contributed by atoms with E-state index in [4.69, 9.17) is 4.74 Å². The number of nitrogens with zero attached hydrogens (tertiary/aromatic N) is 4. The lowest BCUT2D eigenvalue weighted by molar-refractivity contribution is -0.140. The van der Waals surface area contributed by atoms with Gasteiger partial charge in [0.15, 0.2) is 0 Å². The first-order valence-electron chi connectivity index (χ1n) is 9.21. The van der Waals surface area contributed by atoms with Crippen LogP contribution in [0.1, 0.15) is 25.0 Å². The Morgan fingerprint density at radius 3 is 2.81 bits per heavy atom. The Morgan fingerprint density at radius 1 is 1.12 bits per heavy atom. The van der Waals surface area contributed by atoms with Gasteiger partial charge in [-0.25, -0.2) is 0 Å². The van der Waals surface area contributed by atoms with Gasteiger partial charge in [0.25, 0.3) is 5.91 Å². The molecule has 0 N–H and O–H groups in total. The van der Waals surface area contributed by atoms with E-state index in [1.54, 1.807) is 12.4 Å². The molecule has 1 atom stereocenters. The van der Waals surface area contributed by atoms with Crippen LogP contribution in [-0.2, 0) is 16.1 Å². The molecule has 1 spiro atoms. The molecule has 1 unspecified atom stereocenters. The minimum atomic E-state index is -0.249. The zero-order valence-corrected chi connectivity index (χ0v) is 14.9. The molecule has 1 aromatic heterocycles. The first-order valence-corrected chi connectivity index (χ1v) is 9.21. The van der Waals surface area contributed by atoms with Gasteiger partial charge in [0.1, 0.15) is 6.61 Å². The number of rotatable bonds is 3. The molecule has 6 heteroatoms. The summed E-state index contributed by atoms with van der Waals surface area (Å²) in [6.45, 7) is 3.56. The van der Waals surface area contributed by atoms with Crippen LogP contribution in [0.3, 0.4) is 0 Å². The van der Waals surface area contributed by atoms with Crippen LogP contribution in [0.2, 0.25) is 0 Å². The third kappa shape index (κ3) is 3.76. The van der Waals surface area contributed by atoms with Crippen molar-refractivity contribution in [1.82, 2.24) is 14.9 Å². The van der Waals surface area contributed by atoms with Crippen molar-refractivity contribution >= 4 is 11.6 Å². The summed E-state index contributed by atoms with van der Waals surface area (Å²) < 4.78 is 6.10. The molecule has 0 saturated carbocycles. The number of likely N-dealkylation sites (tertiary alicyclic amines) is 1. The number of hydrogen-bond donors (Lipinski definition) is 0. The highest BCUT2D eigenvalue weighted by molar-refractivity contribution is 5.95. The fraction of sp³-hybridized carbons (Fsp3) is 0.450. The number of para-hydroxylation sites is 1. The van der Waals surface area contributed by atoms with Crippen molar-refractivity contribution in [3.63, 3.8) is 0 Å². The Bertz CT molecular complexity index is 740. The predicted octanol–water partition coefficient (Wildman–Crippen LogP) is 2.26. The molecule has 2 fully saturated rings. The Labute approximate surface area is 153 Å². The highest BCUT2D eigenvalue weighted by Gasteiger charge is 2.41. The summed E-state index contributed by atoms with van der Waals surface area (Å²) >= 11 is 0. The third-order valence-electron chi connectivity index (χ3n) is 5.31. The molecule has 2 aliphatic rings. The highest BCUT2D eigenvalue weighted by Crippen LogP contribution is 2.33. The average molecular weight is 352 g/mol. The lowest BCUT2D eigenvalue weighted by Crippen LogP contribution is -2.55. The van der Waals surface area contributed by atoms with Crippen molar-refractivity contribution in [1.29, 1.82) is 0 Å². The second kappa shape index (κ2) is 7.51. The number of hydrogen-bond acceptors (Lipinski definition) is 5. The van der Waals surface area contributed by atoms with Crippen molar-refractivity contribution in [3.8, 4) is 0 Å². The van der Waals surface area contributed by atoms with E-state index >= 15 is 0 Å². The van der Waals surface area contributed by atoms with Gasteiger partial charge in [-0.05, 0) is 37.9 Å². The molecule has 4 rings (SSSR count). The molecule has 2 aromatic rings. The molecule has 0 radical (unpaired) electrons. The lowest BCUT2D eigenvalue weighted by Gasteiger charge is -2.42. The topological polar surface area (TPSA) is 58.6 Å². The van der Waals surface area contributed by atoms with Crippen LogP contribution in [0, 0.1) is 0 Å².